The summed E-state index contributed by atoms with van der Waals surface area (Å²) in [5.74, 6) is -0.0969. The number of aryl methyl sites for hydroxylation is 1. The van der Waals surface area contributed by atoms with Crippen molar-refractivity contribution in [2.45, 2.75) is 25.4 Å². The van der Waals surface area contributed by atoms with Crippen molar-refractivity contribution in [1.29, 1.82) is 0 Å². The zero-order chi connectivity index (χ0) is 17.9. The van der Waals surface area contributed by atoms with E-state index in [1.807, 2.05) is 25.1 Å². The van der Waals surface area contributed by atoms with E-state index in [4.69, 9.17) is 4.74 Å². The van der Waals surface area contributed by atoms with Gasteiger partial charge in [0.2, 0.25) is 5.91 Å². The largest absolute Gasteiger partial charge is 0.490 e. The van der Waals surface area contributed by atoms with Crippen LogP contribution in [0.4, 0.5) is 4.39 Å². The number of hydrogen-bond donors (Lipinski definition) is 1. The monoisotopic (exact) mass is 344 g/mol. The number of ether oxygens (including phenoxy) is 1. The van der Waals surface area contributed by atoms with E-state index >= 15 is 0 Å². The predicted octanol–water partition coefficient (Wildman–Crippen LogP) is 2.11. The molecule has 5 nitrogen and oxygen atoms in total. The van der Waals surface area contributed by atoms with E-state index in [0.717, 1.165) is 11.4 Å². The Morgan fingerprint density at radius 3 is 2.92 bits per heavy atom. The van der Waals surface area contributed by atoms with Crippen LogP contribution in [0.5, 0.6) is 5.75 Å². The number of aromatic nitrogens is 1. The lowest BCUT2D eigenvalue weighted by Gasteiger charge is -2.23. The number of hydrogen-bond acceptors (Lipinski definition) is 4. The summed E-state index contributed by atoms with van der Waals surface area (Å²) in [6.45, 7) is 2.57. The van der Waals surface area contributed by atoms with Crippen molar-refractivity contribution in [2.24, 2.45) is 0 Å². The summed E-state index contributed by atoms with van der Waals surface area (Å²) < 4.78 is 18.7. The van der Waals surface area contributed by atoms with Gasteiger partial charge in [0.1, 0.15) is 23.8 Å². The van der Waals surface area contributed by atoms with Gasteiger partial charge in [-0.1, -0.05) is 12.1 Å². The molecular formula is C19H21FN2O3. The molecule has 0 radical (unpaired) electrons. The van der Waals surface area contributed by atoms with Crippen molar-refractivity contribution in [3.05, 3.63) is 59.7 Å². The number of halogens is 1. The summed E-state index contributed by atoms with van der Waals surface area (Å²) in [5, 5.41) is 10.6. The van der Waals surface area contributed by atoms with Gasteiger partial charge in [0.05, 0.1) is 13.0 Å². The molecular weight excluding hydrogens is 323 g/mol. The molecule has 0 saturated carbocycles. The molecule has 1 aliphatic heterocycles. The van der Waals surface area contributed by atoms with E-state index in [-0.39, 0.29) is 25.5 Å². The number of aliphatic hydroxyl groups is 1. The van der Waals surface area contributed by atoms with Crippen LogP contribution in [0.25, 0.3) is 0 Å². The number of amides is 1. The predicted molar refractivity (Wildman–Crippen MR) is 90.7 cm³/mol. The second-order valence-corrected chi connectivity index (χ2v) is 6.48. The molecule has 25 heavy (non-hydrogen) atoms. The second-order valence-electron chi connectivity index (χ2n) is 6.48. The molecule has 1 atom stereocenters. The molecule has 1 fully saturated rings. The molecule has 1 aliphatic rings. The average Bonchev–Trinajstić information content (AvgIpc) is 2.96. The first kappa shape index (κ1) is 17.4. The lowest BCUT2D eigenvalue weighted by molar-refractivity contribution is -0.130. The summed E-state index contributed by atoms with van der Waals surface area (Å²) >= 11 is 0. The zero-order valence-electron chi connectivity index (χ0n) is 14.1. The maximum Gasteiger partial charge on any atom is 0.228 e. The van der Waals surface area contributed by atoms with Crippen molar-refractivity contribution >= 4 is 5.91 Å². The highest BCUT2D eigenvalue weighted by molar-refractivity contribution is 5.78. The van der Waals surface area contributed by atoms with Gasteiger partial charge in [-0.2, -0.15) is 0 Å². The fourth-order valence-corrected chi connectivity index (χ4v) is 2.93. The number of pyridine rings is 1. The zero-order valence-corrected chi connectivity index (χ0v) is 14.1. The lowest BCUT2D eigenvalue weighted by Crippen LogP contribution is -2.41. The minimum atomic E-state index is -1.12. The van der Waals surface area contributed by atoms with Crippen LogP contribution in [0, 0.1) is 12.7 Å². The summed E-state index contributed by atoms with van der Waals surface area (Å²) in [5.41, 5.74) is 0.463. The van der Waals surface area contributed by atoms with Gasteiger partial charge in [0, 0.05) is 24.0 Å². The third-order valence-electron chi connectivity index (χ3n) is 4.27. The third-order valence-corrected chi connectivity index (χ3v) is 4.27. The molecule has 1 saturated heterocycles. The molecule has 6 heteroatoms. The van der Waals surface area contributed by atoms with E-state index in [9.17, 15) is 14.3 Å². The van der Waals surface area contributed by atoms with Gasteiger partial charge >= 0.3 is 0 Å². The average molecular weight is 344 g/mol. The minimum Gasteiger partial charge on any atom is -0.490 e. The molecule has 3 rings (SSSR count). The van der Waals surface area contributed by atoms with E-state index in [2.05, 4.69) is 4.98 Å². The van der Waals surface area contributed by atoms with Crippen molar-refractivity contribution in [3.63, 3.8) is 0 Å². The van der Waals surface area contributed by atoms with Crippen LogP contribution in [0.15, 0.2) is 42.5 Å². The van der Waals surface area contributed by atoms with Gasteiger partial charge in [0.15, 0.2) is 0 Å². The Morgan fingerprint density at radius 1 is 1.36 bits per heavy atom. The van der Waals surface area contributed by atoms with Crippen LogP contribution in [0.2, 0.25) is 0 Å². The van der Waals surface area contributed by atoms with Crippen molar-refractivity contribution in [2.75, 3.05) is 19.7 Å². The third kappa shape index (κ3) is 4.54. The van der Waals surface area contributed by atoms with Crippen LogP contribution in [-0.2, 0) is 11.2 Å². The topological polar surface area (TPSA) is 62.7 Å². The first-order valence-electron chi connectivity index (χ1n) is 8.25. The Labute approximate surface area is 146 Å². The van der Waals surface area contributed by atoms with Gasteiger partial charge in [0.25, 0.3) is 0 Å². The van der Waals surface area contributed by atoms with Crippen LogP contribution in [0.1, 0.15) is 17.8 Å². The Balaban J connectivity index is 1.55. The molecule has 1 aromatic heterocycles. The highest BCUT2D eigenvalue weighted by atomic mass is 19.1. The summed E-state index contributed by atoms with van der Waals surface area (Å²) in [6, 6.07) is 11.4. The van der Waals surface area contributed by atoms with Gasteiger partial charge in [-0.3, -0.25) is 9.78 Å². The van der Waals surface area contributed by atoms with Crippen molar-refractivity contribution < 1.29 is 19.0 Å². The van der Waals surface area contributed by atoms with E-state index in [1.165, 1.54) is 12.1 Å². The summed E-state index contributed by atoms with van der Waals surface area (Å²) in [4.78, 5) is 18.4. The van der Waals surface area contributed by atoms with Crippen LogP contribution < -0.4 is 4.74 Å². The quantitative estimate of drug-likeness (QED) is 0.902. The van der Waals surface area contributed by atoms with Gasteiger partial charge in [-0.15, -0.1) is 0 Å². The van der Waals surface area contributed by atoms with Crippen LogP contribution in [0.3, 0.4) is 0 Å². The smallest absolute Gasteiger partial charge is 0.228 e. The fourth-order valence-electron chi connectivity index (χ4n) is 2.93. The maximum absolute atomic E-state index is 13.2. The summed E-state index contributed by atoms with van der Waals surface area (Å²) in [7, 11) is 0. The molecule has 0 aliphatic carbocycles. The van der Waals surface area contributed by atoms with Gasteiger partial charge in [-0.05, 0) is 37.6 Å². The number of carbonyl (C=O) groups is 1. The normalized spacial score (nSPS) is 19.9. The Bertz CT molecular complexity index is 768. The fraction of sp³-hybridized carbons (Fsp3) is 0.368. The molecule has 1 N–H and O–H groups in total. The van der Waals surface area contributed by atoms with Crippen LogP contribution >= 0.6 is 0 Å². The standard InChI is InChI=1S/C19H21FN2O3/c1-14-4-2-6-16(21-14)11-18(23)22-9-8-19(24,12-22)13-25-17-7-3-5-15(20)10-17/h2-7,10,24H,8-9,11-13H2,1H3/t19-/m0/s1. The molecule has 0 spiro atoms. The van der Waals surface area contributed by atoms with E-state index in [1.54, 1.807) is 17.0 Å². The lowest BCUT2D eigenvalue weighted by atomic mass is 10.1. The van der Waals surface area contributed by atoms with E-state index in [0.29, 0.717) is 18.7 Å². The Kier molecular flexibility index (Phi) is 4.99. The van der Waals surface area contributed by atoms with Crippen LogP contribution in [-0.4, -0.2) is 46.2 Å². The number of β-amino-alcohol motifs (C(OH)–C–C–N with tert-alkyl or cyclic N) is 1. The number of rotatable bonds is 5. The molecule has 2 aromatic rings. The molecule has 0 bridgehead atoms. The molecule has 1 aromatic carbocycles. The number of nitrogens with zero attached hydrogens (tertiary/aromatic N) is 2. The first-order chi connectivity index (χ1) is 11.9. The SMILES string of the molecule is Cc1cccc(CC(=O)N2CC[C@@](O)(COc3cccc(F)c3)C2)n1. The van der Waals surface area contributed by atoms with Gasteiger partial charge in [-0.25, -0.2) is 4.39 Å². The van der Waals surface area contributed by atoms with Gasteiger partial charge < -0.3 is 14.7 Å². The maximum atomic E-state index is 13.2. The number of benzene rings is 1. The Morgan fingerprint density at radius 2 is 2.16 bits per heavy atom. The summed E-state index contributed by atoms with van der Waals surface area (Å²) in [6.07, 6.45) is 0.637. The highest BCUT2D eigenvalue weighted by Crippen LogP contribution is 2.24. The highest BCUT2D eigenvalue weighted by Gasteiger charge is 2.39. The van der Waals surface area contributed by atoms with Crippen molar-refractivity contribution in [3.8, 4) is 5.75 Å². The van der Waals surface area contributed by atoms with Crippen molar-refractivity contribution in [1.82, 2.24) is 9.88 Å². The number of carbonyl (C=O) groups excluding carboxylic acids is 1. The first-order valence-corrected chi connectivity index (χ1v) is 8.25. The number of likely N-dealkylation sites (tertiary alicyclic amines) is 1. The molecule has 132 valence electrons. The second kappa shape index (κ2) is 7.19. The minimum absolute atomic E-state index is 0.0168. The Hall–Kier alpha value is -2.47. The molecule has 0 unspecified atom stereocenters. The molecule has 2 heterocycles. The van der Waals surface area contributed by atoms with E-state index < -0.39 is 11.4 Å². The molecule has 1 amide bonds.